The average molecular weight is 271 g/mol. The van der Waals surface area contributed by atoms with Crippen LogP contribution in [-0.4, -0.2) is 59.7 Å². The fourth-order valence-electron chi connectivity index (χ4n) is 3.47. The minimum absolute atomic E-state index is 0.151. The zero-order valence-electron chi connectivity index (χ0n) is 13.0. The summed E-state index contributed by atoms with van der Waals surface area (Å²) in [5.41, 5.74) is -0.729. The zero-order chi connectivity index (χ0) is 14.3. The van der Waals surface area contributed by atoms with Crippen LogP contribution in [0.15, 0.2) is 0 Å². The largest absolute Gasteiger partial charge is 0.390 e. The molecule has 0 spiro atoms. The van der Waals surface area contributed by atoms with E-state index < -0.39 is 11.7 Å². The van der Waals surface area contributed by atoms with E-state index in [-0.39, 0.29) is 11.5 Å². The van der Waals surface area contributed by atoms with Crippen molar-refractivity contribution in [2.75, 3.05) is 26.2 Å². The third-order valence-corrected chi connectivity index (χ3v) is 4.65. The van der Waals surface area contributed by atoms with Crippen LogP contribution >= 0.6 is 0 Å². The van der Waals surface area contributed by atoms with Gasteiger partial charge >= 0.3 is 0 Å². The Bertz CT molecular complexity index is 317. The van der Waals surface area contributed by atoms with Gasteiger partial charge in [-0.3, -0.25) is 4.90 Å². The molecule has 3 unspecified atom stereocenters. The van der Waals surface area contributed by atoms with E-state index in [9.17, 15) is 5.11 Å². The second-order valence-corrected chi connectivity index (χ2v) is 7.02. The molecule has 2 aliphatic heterocycles. The number of morpholine rings is 1. The van der Waals surface area contributed by atoms with Crippen LogP contribution in [0.1, 0.15) is 41.0 Å². The first-order chi connectivity index (χ1) is 8.76. The van der Waals surface area contributed by atoms with E-state index in [2.05, 4.69) is 25.7 Å². The second kappa shape index (κ2) is 5.32. The number of nitrogens with zero attached hydrogens (tertiary/aromatic N) is 1. The van der Waals surface area contributed by atoms with Crippen LogP contribution in [0.4, 0.5) is 0 Å². The van der Waals surface area contributed by atoms with Crippen molar-refractivity contribution in [3.8, 4) is 0 Å². The fourth-order valence-corrected chi connectivity index (χ4v) is 3.47. The Hall–Kier alpha value is -0.160. The van der Waals surface area contributed by atoms with Gasteiger partial charge in [-0.15, -0.1) is 0 Å². The van der Waals surface area contributed by atoms with Crippen LogP contribution < -0.4 is 0 Å². The topological polar surface area (TPSA) is 41.9 Å². The predicted molar refractivity (Wildman–Crippen MR) is 75.2 cm³/mol. The van der Waals surface area contributed by atoms with Crippen LogP contribution in [0, 0.1) is 5.92 Å². The molecule has 0 aromatic rings. The minimum Gasteiger partial charge on any atom is -0.390 e. The van der Waals surface area contributed by atoms with Crippen molar-refractivity contribution in [3.63, 3.8) is 0 Å². The van der Waals surface area contributed by atoms with Gasteiger partial charge in [0.15, 0.2) is 0 Å². The van der Waals surface area contributed by atoms with Gasteiger partial charge in [-0.25, -0.2) is 0 Å². The molecule has 0 saturated carbocycles. The molecular weight excluding hydrogens is 242 g/mol. The average Bonchev–Trinajstić information content (AvgIpc) is 2.48. The van der Waals surface area contributed by atoms with E-state index >= 15 is 0 Å². The highest BCUT2D eigenvalue weighted by Gasteiger charge is 2.53. The summed E-state index contributed by atoms with van der Waals surface area (Å²) in [6.45, 7) is 13.9. The van der Waals surface area contributed by atoms with Crippen molar-refractivity contribution in [1.29, 1.82) is 0 Å². The van der Waals surface area contributed by atoms with E-state index in [1.54, 1.807) is 0 Å². The van der Waals surface area contributed by atoms with Crippen molar-refractivity contribution in [2.45, 2.75) is 64.4 Å². The molecule has 3 atom stereocenters. The van der Waals surface area contributed by atoms with Gasteiger partial charge in [-0.1, -0.05) is 6.92 Å². The lowest BCUT2D eigenvalue weighted by atomic mass is 9.84. The van der Waals surface area contributed by atoms with Gasteiger partial charge in [0.05, 0.1) is 30.0 Å². The smallest absolute Gasteiger partial charge is 0.0896 e. The summed E-state index contributed by atoms with van der Waals surface area (Å²) in [5, 5.41) is 10.5. The standard InChI is InChI=1S/C15H29NO3/c1-6-11-9-16(7-8-18-11)10-12-13(17)15(4,5)19-14(12,2)3/h11-13,17H,6-10H2,1-5H3. The molecule has 0 amide bonds. The maximum atomic E-state index is 10.5. The van der Waals surface area contributed by atoms with E-state index in [4.69, 9.17) is 9.47 Å². The Kier molecular flexibility index (Phi) is 4.26. The van der Waals surface area contributed by atoms with Crippen LogP contribution in [-0.2, 0) is 9.47 Å². The molecule has 0 aliphatic carbocycles. The third-order valence-electron chi connectivity index (χ3n) is 4.65. The molecule has 0 radical (unpaired) electrons. The van der Waals surface area contributed by atoms with E-state index in [1.807, 2.05) is 13.8 Å². The lowest BCUT2D eigenvalue weighted by Gasteiger charge is -2.37. The van der Waals surface area contributed by atoms with Gasteiger partial charge in [0, 0.05) is 25.6 Å². The molecule has 1 N–H and O–H groups in total. The van der Waals surface area contributed by atoms with Crippen LogP contribution in [0.2, 0.25) is 0 Å². The first-order valence-corrected chi connectivity index (χ1v) is 7.48. The van der Waals surface area contributed by atoms with Gasteiger partial charge in [-0.2, -0.15) is 0 Å². The Balaban J connectivity index is 2.01. The van der Waals surface area contributed by atoms with Crippen molar-refractivity contribution >= 4 is 0 Å². The monoisotopic (exact) mass is 271 g/mol. The number of hydrogen-bond acceptors (Lipinski definition) is 4. The van der Waals surface area contributed by atoms with Gasteiger partial charge in [0.2, 0.25) is 0 Å². The summed E-state index contributed by atoms with van der Waals surface area (Å²) in [7, 11) is 0. The number of aliphatic hydroxyl groups is 1. The van der Waals surface area contributed by atoms with Gasteiger partial charge in [-0.05, 0) is 34.1 Å². The highest BCUT2D eigenvalue weighted by molar-refractivity contribution is 5.02. The van der Waals surface area contributed by atoms with E-state index in [1.165, 1.54) is 0 Å². The summed E-state index contributed by atoms with van der Waals surface area (Å²) in [4.78, 5) is 2.41. The number of aliphatic hydroxyl groups excluding tert-OH is 1. The maximum Gasteiger partial charge on any atom is 0.0896 e. The van der Waals surface area contributed by atoms with Crippen LogP contribution in [0.5, 0.6) is 0 Å². The van der Waals surface area contributed by atoms with E-state index in [0.717, 1.165) is 32.7 Å². The summed E-state index contributed by atoms with van der Waals surface area (Å²) >= 11 is 0. The molecule has 0 aromatic carbocycles. The lowest BCUT2D eigenvalue weighted by Crippen LogP contribution is -2.49. The highest BCUT2D eigenvalue weighted by Crippen LogP contribution is 2.42. The van der Waals surface area contributed by atoms with Gasteiger partial charge in [0.25, 0.3) is 0 Å². The highest BCUT2D eigenvalue weighted by atomic mass is 16.5. The quantitative estimate of drug-likeness (QED) is 0.848. The Morgan fingerprint density at radius 3 is 2.42 bits per heavy atom. The maximum absolute atomic E-state index is 10.5. The third kappa shape index (κ3) is 3.13. The molecule has 2 heterocycles. The second-order valence-electron chi connectivity index (χ2n) is 7.02. The van der Waals surface area contributed by atoms with Gasteiger partial charge in [0.1, 0.15) is 0 Å². The SMILES string of the molecule is CCC1CN(CC2C(O)C(C)(C)OC2(C)C)CCO1. The molecule has 4 heteroatoms. The first-order valence-electron chi connectivity index (χ1n) is 7.48. The number of hydrogen-bond donors (Lipinski definition) is 1. The molecule has 112 valence electrons. The summed E-state index contributed by atoms with van der Waals surface area (Å²) in [5.74, 6) is 0.151. The van der Waals surface area contributed by atoms with Gasteiger partial charge < -0.3 is 14.6 Å². The predicted octanol–water partition coefficient (Wildman–Crippen LogP) is 1.66. The van der Waals surface area contributed by atoms with Crippen molar-refractivity contribution < 1.29 is 14.6 Å². The molecule has 4 nitrogen and oxygen atoms in total. The molecule has 0 aromatic heterocycles. The number of ether oxygens (including phenoxy) is 2. The Morgan fingerprint density at radius 1 is 1.21 bits per heavy atom. The summed E-state index contributed by atoms with van der Waals surface area (Å²) < 4.78 is 11.8. The lowest BCUT2D eigenvalue weighted by molar-refractivity contribution is -0.0927. The summed E-state index contributed by atoms with van der Waals surface area (Å²) in [6.07, 6.45) is 0.976. The van der Waals surface area contributed by atoms with Crippen molar-refractivity contribution in [2.24, 2.45) is 5.92 Å². The Morgan fingerprint density at radius 2 is 1.89 bits per heavy atom. The normalized spacial score (nSPS) is 38.5. The molecule has 2 aliphatic rings. The summed E-state index contributed by atoms with van der Waals surface area (Å²) in [6, 6.07) is 0. The molecule has 0 bridgehead atoms. The molecule has 2 saturated heterocycles. The fraction of sp³-hybridized carbons (Fsp3) is 1.00. The van der Waals surface area contributed by atoms with Crippen LogP contribution in [0.25, 0.3) is 0 Å². The van der Waals surface area contributed by atoms with E-state index in [0.29, 0.717) is 6.10 Å². The van der Waals surface area contributed by atoms with Crippen molar-refractivity contribution in [3.05, 3.63) is 0 Å². The molecular formula is C15H29NO3. The van der Waals surface area contributed by atoms with Crippen LogP contribution in [0.3, 0.4) is 0 Å². The zero-order valence-corrected chi connectivity index (χ0v) is 13.0. The molecule has 2 fully saturated rings. The number of rotatable bonds is 3. The first kappa shape index (κ1) is 15.2. The molecule has 19 heavy (non-hydrogen) atoms. The van der Waals surface area contributed by atoms with Crippen molar-refractivity contribution in [1.82, 2.24) is 4.90 Å². The Labute approximate surface area is 117 Å². The minimum atomic E-state index is -0.454. The molecule has 2 rings (SSSR count).